The van der Waals surface area contributed by atoms with E-state index < -0.39 is 6.09 Å². The number of para-hydroxylation sites is 1. The molecule has 0 aliphatic carbocycles. The van der Waals surface area contributed by atoms with Gasteiger partial charge >= 0.3 is 6.09 Å². The minimum absolute atomic E-state index is 0.157. The molecule has 3 aromatic rings. The highest BCUT2D eigenvalue weighted by Gasteiger charge is 2.27. The summed E-state index contributed by atoms with van der Waals surface area (Å²) in [7, 11) is 1.64. The number of hydrogen-bond donors (Lipinski definition) is 1. The van der Waals surface area contributed by atoms with Crippen LogP contribution >= 0.6 is 11.3 Å². The molecule has 2 amide bonds. The van der Waals surface area contributed by atoms with Crippen LogP contribution < -0.4 is 10.1 Å². The van der Waals surface area contributed by atoms with Crippen LogP contribution in [0.4, 0.5) is 4.79 Å². The predicted octanol–water partition coefficient (Wildman–Crippen LogP) is 2.21. The molecule has 4 rings (SSSR count). The number of amides is 2. The van der Waals surface area contributed by atoms with Gasteiger partial charge in [-0.05, 0) is 18.6 Å². The Bertz CT molecular complexity index is 959. The van der Waals surface area contributed by atoms with E-state index in [0.717, 1.165) is 34.7 Å². The first-order valence-electron chi connectivity index (χ1n) is 8.73. The van der Waals surface area contributed by atoms with Gasteiger partial charge in [-0.15, -0.1) is 11.3 Å². The maximum absolute atomic E-state index is 12.4. The van der Waals surface area contributed by atoms with Gasteiger partial charge in [-0.3, -0.25) is 4.79 Å². The number of ether oxygens (including phenoxy) is 1. The van der Waals surface area contributed by atoms with Gasteiger partial charge in [0.1, 0.15) is 5.56 Å². The lowest BCUT2D eigenvalue weighted by Gasteiger charge is -2.30. The molecule has 1 saturated heterocycles. The summed E-state index contributed by atoms with van der Waals surface area (Å²) in [6.07, 6.45) is 2.43. The second-order valence-corrected chi connectivity index (χ2v) is 7.39. The zero-order valence-electron chi connectivity index (χ0n) is 14.8. The maximum Gasteiger partial charge on any atom is 0.413 e. The molecule has 1 N–H and O–H groups in total. The van der Waals surface area contributed by atoms with Crippen LogP contribution in [0.3, 0.4) is 0 Å². The van der Waals surface area contributed by atoms with E-state index in [1.165, 1.54) is 10.9 Å². The molecule has 140 valence electrons. The van der Waals surface area contributed by atoms with Crippen LogP contribution in [0.15, 0.2) is 30.5 Å². The Morgan fingerprint density at radius 2 is 2.11 bits per heavy atom. The standard InChI is InChI=1S/C18H19N5O3S/c1-22-17(12(11-20-22)16(24)23-9-4-10-23)26-18(25)19-8-7-15-21-13-5-2-3-6-14(13)27-15/h2-3,5-6,11H,4,7-10H2,1H3,(H,19,25). The molecule has 0 bridgehead atoms. The highest BCUT2D eigenvalue weighted by molar-refractivity contribution is 7.18. The summed E-state index contributed by atoms with van der Waals surface area (Å²) in [6, 6.07) is 7.93. The van der Waals surface area contributed by atoms with Crippen LogP contribution in [-0.2, 0) is 13.5 Å². The molecule has 1 aliphatic rings. The molecule has 27 heavy (non-hydrogen) atoms. The van der Waals surface area contributed by atoms with E-state index in [1.807, 2.05) is 24.3 Å². The lowest BCUT2D eigenvalue weighted by Crippen LogP contribution is -2.42. The quantitative estimate of drug-likeness (QED) is 0.727. The van der Waals surface area contributed by atoms with Gasteiger partial charge in [0.2, 0.25) is 5.88 Å². The molecule has 0 spiro atoms. The fourth-order valence-electron chi connectivity index (χ4n) is 2.81. The molecule has 8 nitrogen and oxygen atoms in total. The van der Waals surface area contributed by atoms with Crippen molar-refractivity contribution in [2.24, 2.45) is 7.05 Å². The number of carbonyl (C=O) groups is 2. The first-order valence-corrected chi connectivity index (χ1v) is 9.55. The summed E-state index contributed by atoms with van der Waals surface area (Å²) in [5, 5.41) is 7.69. The highest BCUT2D eigenvalue weighted by Crippen LogP contribution is 2.23. The number of thiazole rings is 1. The fourth-order valence-corrected chi connectivity index (χ4v) is 3.77. The van der Waals surface area contributed by atoms with Crippen LogP contribution in [-0.4, -0.2) is 51.3 Å². The zero-order valence-corrected chi connectivity index (χ0v) is 15.7. The number of aromatic nitrogens is 3. The average molecular weight is 385 g/mol. The van der Waals surface area contributed by atoms with E-state index in [9.17, 15) is 9.59 Å². The Kier molecular flexibility index (Phi) is 4.76. The van der Waals surface area contributed by atoms with E-state index in [4.69, 9.17) is 4.74 Å². The Morgan fingerprint density at radius 1 is 1.30 bits per heavy atom. The first-order chi connectivity index (χ1) is 13.1. The summed E-state index contributed by atoms with van der Waals surface area (Å²) in [4.78, 5) is 30.8. The lowest BCUT2D eigenvalue weighted by molar-refractivity contribution is 0.0648. The van der Waals surface area contributed by atoms with Gasteiger partial charge in [0, 0.05) is 33.1 Å². The third kappa shape index (κ3) is 3.63. The van der Waals surface area contributed by atoms with Crippen molar-refractivity contribution in [2.75, 3.05) is 19.6 Å². The summed E-state index contributed by atoms with van der Waals surface area (Å²) < 4.78 is 7.85. The largest absolute Gasteiger partial charge is 0.413 e. The van der Waals surface area contributed by atoms with Crippen LogP contribution in [0.25, 0.3) is 10.2 Å². The second-order valence-electron chi connectivity index (χ2n) is 6.27. The van der Waals surface area contributed by atoms with E-state index in [2.05, 4.69) is 15.4 Å². The molecule has 1 fully saturated rings. The third-order valence-corrected chi connectivity index (χ3v) is 5.49. The molecule has 0 radical (unpaired) electrons. The molecule has 1 aliphatic heterocycles. The van der Waals surface area contributed by atoms with Crippen molar-refractivity contribution in [3.63, 3.8) is 0 Å². The van der Waals surface area contributed by atoms with Gasteiger partial charge < -0.3 is 15.0 Å². The SMILES string of the molecule is Cn1ncc(C(=O)N2CCC2)c1OC(=O)NCCc1nc2ccccc2s1. The molecular weight excluding hydrogens is 366 g/mol. The minimum atomic E-state index is -0.614. The molecule has 0 unspecified atom stereocenters. The Labute approximate surface area is 159 Å². The van der Waals surface area contributed by atoms with Gasteiger partial charge in [-0.2, -0.15) is 5.10 Å². The van der Waals surface area contributed by atoms with E-state index in [-0.39, 0.29) is 11.8 Å². The summed E-state index contributed by atoms with van der Waals surface area (Å²) in [6.45, 7) is 1.84. The van der Waals surface area contributed by atoms with E-state index >= 15 is 0 Å². The topological polar surface area (TPSA) is 89.4 Å². The number of aryl methyl sites for hydroxylation is 1. The summed E-state index contributed by atoms with van der Waals surface area (Å²) in [5.74, 6) is -0.00369. The number of nitrogens with one attached hydrogen (secondary N) is 1. The number of carbonyl (C=O) groups excluding carboxylic acids is 2. The van der Waals surface area contributed by atoms with Crippen molar-refractivity contribution in [1.29, 1.82) is 0 Å². The lowest BCUT2D eigenvalue weighted by atomic mass is 10.2. The van der Waals surface area contributed by atoms with Gasteiger partial charge in [-0.25, -0.2) is 14.5 Å². The molecular formula is C18H19N5O3S. The van der Waals surface area contributed by atoms with Gasteiger partial charge in [0.05, 0.1) is 21.4 Å². The maximum atomic E-state index is 12.4. The fraction of sp³-hybridized carbons (Fsp3) is 0.333. The number of likely N-dealkylation sites (tertiary alicyclic amines) is 1. The van der Waals surface area contributed by atoms with E-state index in [1.54, 1.807) is 23.3 Å². The van der Waals surface area contributed by atoms with E-state index in [0.29, 0.717) is 18.5 Å². The molecule has 0 atom stereocenters. The molecule has 0 saturated carbocycles. The monoisotopic (exact) mass is 385 g/mol. The van der Waals surface area contributed by atoms with Crippen LogP contribution in [0.5, 0.6) is 5.88 Å². The van der Waals surface area contributed by atoms with Gasteiger partial charge in [0.15, 0.2) is 0 Å². The Balaban J connectivity index is 1.34. The van der Waals surface area contributed by atoms with Gasteiger partial charge in [-0.1, -0.05) is 12.1 Å². The highest BCUT2D eigenvalue weighted by atomic mass is 32.1. The van der Waals surface area contributed by atoms with Crippen LogP contribution in [0.1, 0.15) is 21.8 Å². The average Bonchev–Trinajstić information content (AvgIpc) is 3.17. The Hall–Kier alpha value is -2.94. The summed E-state index contributed by atoms with van der Waals surface area (Å²) >= 11 is 1.61. The molecule has 3 heterocycles. The molecule has 9 heteroatoms. The van der Waals surface area contributed by atoms with Crippen LogP contribution in [0.2, 0.25) is 0 Å². The number of hydrogen-bond acceptors (Lipinski definition) is 6. The second kappa shape index (κ2) is 7.36. The summed E-state index contributed by atoms with van der Waals surface area (Å²) in [5.41, 5.74) is 1.27. The van der Waals surface area contributed by atoms with Crippen molar-refractivity contribution in [1.82, 2.24) is 25.0 Å². The third-order valence-electron chi connectivity index (χ3n) is 4.39. The van der Waals surface area contributed by atoms with Crippen molar-refractivity contribution in [3.8, 4) is 5.88 Å². The van der Waals surface area contributed by atoms with Crippen molar-refractivity contribution in [2.45, 2.75) is 12.8 Å². The minimum Gasteiger partial charge on any atom is -0.391 e. The van der Waals surface area contributed by atoms with Crippen molar-refractivity contribution in [3.05, 3.63) is 41.0 Å². The zero-order chi connectivity index (χ0) is 18.8. The molecule has 2 aromatic heterocycles. The number of benzene rings is 1. The smallest absolute Gasteiger partial charge is 0.391 e. The van der Waals surface area contributed by atoms with Crippen LogP contribution in [0, 0.1) is 0 Å². The number of rotatable bonds is 5. The predicted molar refractivity (Wildman–Crippen MR) is 101 cm³/mol. The molecule has 1 aromatic carbocycles. The Morgan fingerprint density at radius 3 is 2.85 bits per heavy atom. The van der Waals surface area contributed by atoms with Crippen molar-refractivity contribution >= 4 is 33.6 Å². The first kappa shape index (κ1) is 17.5. The number of nitrogens with zero attached hydrogens (tertiary/aromatic N) is 4. The number of fused-ring (bicyclic) bond motifs is 1. The normalized spacial score (nSPS) is 13.4. The van der Waals surface area contributed by atoms with Gasteiger partial charge in [0.25, 0.3) is 5.91 Å². The van der Waals surface area contributed by atoms with Crippen molar-refractivity contribution < 1.29 is 14.3 Å².